The average molecular weight is 284 g/mol. The van der Waals surface area contributed by atoms with Gasteiger partial charge in [0.1, 0.15) is 5.82 Å². The molecule has 0 aliphatic carbocycles. The molecule has 1 aliphatic rings. The first-order valence-corrected chi connectivity index (χ1v) is 7.19. The van der Waals surface area contributed by atoms with Gasteiger partial charge in [0.15, 0.2) is 0 Å². The fourth-order valence-electron chi connectivity index (χ4n) is 2.04. The lowest BCUT2D eigenvalue weighted by Crippen LogP contribution is -2.15. The smallest absolute Gasteiger partial charge is 0.340 e. The van der Waals surface area contributed by atoms with Crippen molar-refractivity contribution < 1.29 is 13.9 Å². The van der Waals surface area contributed by atoms with Crippen LogP contribution in [0.2, 0.25) is 0 Å². The second-order valence-corrected chi connectivity index (χ2v) is 5.84. The number of nitrogen functional groups attached to an aromatic ring is 1. The number of ether oxygens (including phenoxy) is 1. The Morgan fingerprint density at radius 2 is 2.42 bits per heavy atom. The SMILES string of the molecule is COC(=O)c1cc(NCC2CCCS2)c(F)cc1N. The van der Waals surface area contributed by atoms with Gasteiger partial charge in [-0.15, -0.1) is 0 Å². The zero-order valence-corrected chi connectivity index (χ0v) is 11.6. The minimum atomic E-state index is -0.559. The van der Waals surface area contributed by atoms with Crippen LogP contribution in [0, 0.1) is 5.82 Å². The van der Waals surface area contributed by atoms with Crippen LogP contribution in [-0.2, 0) is 4.74 Å². The number of nitrogens with one attached hydrogen (secondary N) is 1. The molecule has 1 heterocycles. The Kier molecular flexibility index (Phi) is 4.52. The number of carbonyl (C=O) groups is 1. The zero-order valence-electron chi connectivity index (χ0n) is 10.7. The zero-order chi connectivity index (χ0) is 13.8. The molecule has 1 aliphatic heterocycles. The Hall–Kier alpha value is -1.43. The van der Waals surface area contributed by atoms with Crippen molar-refractivity contribution in [1.29, 1.82) is 0 Å². The summed E-state index contributed by atoms with van der Waals surface area (Å²) in [4.78, 5) is 11.5. The third-order valence-electron chi connectivity index (χ3n) is 3.09. The predicted octanol–water partition coefficient (Wildman–Crippen LogP) is 2.50. The first-order chi connectivity index (χ1) is 9.11. The van der Waals surface area contributed by atoms with Crippen molar-refractivity contribution in [3.63, 3.8) is 0 Å². The maximum Gasteiger partial charge on any atom is 0.340 e. The van der Waals surface area contributed by atoms with Crippen molar-refractivity contribution in [2.75, 3.05) is 30.5 Å². The van der Waals surface area contributed by atoms with E-state index in [4.69, 9.17) is 5.73 Å². The van der Waals surface area contributed by atoms with E-state index in [-0.39, 0.29) is 11.3 Å². The van der Waals surface area contributed by atoms with Crippen molar-refractivity contribution in [2.45, 2.75) is 18.1 Å². The van der Waals surface area contributed by atoms with Crippen LogP contribution in [0.5, 0.6) is 0 Å². The van der Waals surface area contributed by atoms with Crippen molar-refractivity contribution in [1.82, 2.24) is 0 Å². The number of hydrogen-bond acceptors (Lipinski definition) is 5. The molecule has 3 N–H and O–H groups in total. The summed E-state index contributed by atoms with van der Waals surface area (Å²) in [6, 6.07) is 2.56. The van der Waals surface area contributed by atoms with Gasteiger partial charge in [-0.3, -0.25) is 0 Å². The van der Waals surface area contributed by atoms with E-state index in [2.05, 4.69) is 10.1 Å². The molecule has 2 rings (SSSR count). The highest BCUT2D eigenvalue weighted by Crippen LogP contribution is 2.28. The highest BCUT2D eigenvalue weighted by molar-refractivity contribution is 8.00. The van der Waals surface area contributed by atoms with Crippen molar-refractivity contribution in [2.24, 2.45) is 0 Å². The Labute approximate surface area is 115 Å². The normalized spacial score (nSPS) is 18.3. The van der Waals surface area contributed by atoms with Crippen LogP contribution in [0.15, 0.2) is 12.1 Å². The first-order valence-electron chi connectivity index (χ1n) is 6.14. The Morgan fingerprint density at radius 3 is 3.05 bits per heavy atom. The van der Waals surface area contributed by atoms with Crippen LogP contribution < -0.4 is 11.1 Å². The van der Waals surface area contributed by atoms with E-state index in [9.17, 15) is 9.18 Å². The molecule has 104 valence electrons. The summed E-state index contributed by atoms with van der Waals surface area (Å²) < 4.78 is 18.4. The topological polar surface area (TPSA) is 64.3 Å². The van der Waals surface area contributed by atoms with E-state index in [1.165, 1.54) is 19.6 Å². The predicted molar refractivity (Wildman–Crippen MR) is 76.1 cm³/mol. The highest BCUT2D eigenvalue weighted by Gasteiger charge is 2.18. The highest BCUT2D eigenvalue weighted by atomic mass is 32.2. The van der Waals surface area contributed by atoms with Gasteiger partial charge in [0.2, 0.25) is 0 Å². The summed E-state index contributed by atoms with van der Waals surface area (Å²) in [6.45, 7) is 0.687. The van der Waals surface area contributed by atoms with Crippen LogP contribution in [-0.4, -0.2) is 30.6 Å². The lowest BCUT2D eigenvalue weighted by molar-refractivity contribution is 0.0602. The Balaban J connectivity index is 2.12. The van der Waals surface area contributed by atoms with E-state index in [0.29, 0.717) is 17.5 Å². The molecule has 4 nitrogen and oxygen atoms in total. The fraction of sp³-hybridized carbons (Fsp3) is 0.462. The first kappa shape index (κ1) is 14.0. The molecular weight excluding hydrogens is 267 g/mol. The number of thioether (sulfide) groups is 1. The van der Waals surface area contributed by atoms with Gasteiger partial charge in [-0.25, -0.2) is 9.18 Å². The molecule has 6 heteroatoms. The number of benzene rings is 1. The number of hydrogen-bond donors (Lipinski definition) is 2. The lowest BCUT2D eigenvalue weighted by atomic mass is 10.1. The standard InChI is InChI=1S/C13H17FN2O2S/c1-18-13(17)9-5-12(10(14)6-11(9)15)16-7-8-3-2-4-19-8/h5-6,8,16H,2-4,7,15H2,1H3. The third-order valence-corrected chi connectivity index (χ3v) is 4.49. The minimum Gasteiger partial charge on any atom is -0.465 e. The molecule has 1 unspecified atom stereocenters. The van der Waals surface area contributed by atoms with E-state index in [1.807, 2.05) is 11.8 Å². The van der Waals surface area contributed by atoms with Gasteiger partial charge in [0, 0.05) is 17.5 Å². The number of anilines is 2. The number of esters is 1. The maximum absolute atomic E-state index is 13.8. The summed E-state index contributed by atoms with van der Waals surface area (Å²) in [6.07, 6.45) is 2.34. The number of carbonyl (C=O) groups excluding carboxylic acids is 1. The van der Waals surface area contributed by atoms with Crippen molar-refractivity contribution in [3.8, 4) is 0 Å². The number of halogens is 1. The van der Waals surface area contributed by atoms with E-state index in [0.717, 1.165) is 18.2 Å². The summed E-state index contributed by atoms with van der Waals surface area (Å²) in [7, 11) is 1.27. The van der Waals surface area contributed by atoms with Crippen molar-refractivity contribution in [3.05, 3.63) is 23.5 Å². The largest absolute Gasteiger partial charge is 0.465 e. The molecule has 0 bridgehead atoms. The molecule has 0 radical (unpaired) electrons. The maximum atomic E-state index is 13.8. The molecule has 0 amide bonds. The summed E-state index contributed by atoms with van der Waals surface area (Å²) >= 11 is 1.88. The molecular formula is C13H17FN2O2S. The molecule has 1 fully saturated rings. The quantitative estimate of drug-likeness (QED) is 0.657. The van der Waals surface area contributed by atoms with Gasteiger partial charge >= 0.3 is 5.97 Å². The molecule has 1 saturated heterocycles. The van der Waals surface area contributed by atoms with Gasteiger partial charge in [0.05, 0.1) is 18.4 Å². The number of methoxy groups -OCH3 is 1. The van der Waals surface area contributed by atoms with Crippen LogP contribution in [0.1, 0.15) is 23.2 Å². The second-order valence-electron chi connectivity index (χ2n) is 4.43. The second kappa shape index (κ2) is 6.14. The van der Waals surface area contributed by atoms with Gasteiger partial charge in [-0.05, 0) is 30.7 Å². The molecule has 19 heavy (non-hydrogen) atoms. The number of rotatable bonds is 4. The van der Waals surface area contributed by atoms with E-state index < -0.39 is 11.8 Å². The van der Waals surface area contributed by atoms with Gasteiger partial charge < -0.3 is 15.8 Å². The molecule has 0 spiro atoms. The molecule has 1 aromatic carbocycles. The third kappa shape index (κ3) is 3.32. The minimum absolute atomic E-state index is 0.0881. The monoisotopic (exact) mass is 284 g/mol. The van der Waals surface area contributed by atoms with Crippen LogP contribution in [0.4, 0.5) is 15.8 Å². The Morgan fingerprint density at radius 1 is 1.63 bits per heavy atom. The average Bonchev–Trinajstić information content (AvgIpc) is 2.90. The molecule has 1 atom stereocenters. The fourth-order valence-corrected chi connectivity index (χ4v) is 3.24. The van der Waals surface area contributed by atoms with Crippen LogP contribution >= 0.6 is 11.8 Å². The van der Waals surface area contributed by atoms with E-state index in [1.54, 1.807) is 0 Å². The van der Waals surface area contributed by atoms with E-state index >= 15 is 0 Å². The summed E-state index contributed by atoms with van der Waals surface area (Å²) in [5.41, 5.74) is 6.18. The molecule has 1 aromatic rings. The van der Waals surface area contributed by atoms with Crippen molar-refractivity contribution >= 4 is 29.1 Å². The van der Waals surface area contributed by atoms with Crippen LogP contribution in [0.3, 0.4) is 0 Å². The number of nitrogens with two attached hydrogens (primary N) is 1. The summed E-state index contributed by atoms with van der Waals surface area (Å²) in [5.74, 6) is 0.146. The van der Waals surface area contributed by atoms with Gasteiger partial charge in [-0.2, -0.15) is 11.8 Å². The summed E-state index contributed by atoms with van der Waals surface area (Å²) in [5, 5.41) is 3.54. The van der Waals surface area contributed by atoms with Gasteiger partial charge in [0.25, 0.3) is 0 Å². The Bertz CT molecular complexity index is 476. The van der Waals surface area contributed by atoms with Crippen LogP contribution in [0.25, 0.3) is 0 Å². The molecule has 0 saturated carbocycles. The molecule has 0 aromatic heterocycles. The van der Waals surface area contributed by atoms with Gasteiger partial charge in [-0.1, -0.05) is 0 Å². The lowest BCUT2D eigenvalue weighted by Gasteiger charge is -2.14.